The molecule has 1 aromatic heterocycles. The summed E-state index contributed by atoms with van der Waals surface area (Å²) >= 11 is 0. The van der Waals surface area contributed by atoms with Crippen molar-refractivity contribution in [1.82, 2.24) is 10.3 Å². The number of methoxy groups -OCH3 is 1. The fraction of sp³-hybridized carbons (Fsp3) is 0.600. The third-order valence-electron chi connectivity index (χ3n) is 2.91. The molecule has 5 nitrogen and oxygen atoms in total. The standard InChI is InChI=1S/C15H25N3O2/c1-4-6-13(11-20-3)18-15(19)14-10-12(7-9-17-14)16-8-5-2/h7,9-10,13H,4-6,8,11H2,1-3H3,(H,16,17)(H,18,19). The zero-order valence-corrected chi connectivity index (χ0v) is 12.6. The molecule has 0 aliphatic heterocycles. The van der Waals surface area contributed by atoms with Crippen LogP contribution in [0.4, 0.5) is 5.69 Å². The van der Waals surface area contributed by atoms with Gasteiger partial charge in [-0.05, 0) is 25.0 Å². The molecule has 0 aliphatic rings. The SMILES string of the molecule is CCCNc1ccnc(C(=O)NC(CCC)COC)c1. The fourth-order valence-electron chi connectivity index (χ4n) is 1.94. The van der Waals surface area contributed by atoms with E-state index >= 15 is 0 Å². The van der Waals surface area contributed by atoms with Crippen molar-refractivity contribution in [1.29, 1.82) is 0 Å². The Kier molecular flexibility index (Phi) is 7.65. The molecule has 1 amide bonds. The summed E-state index contributed by atoms with van der Waals surface area (Å²) in [6.07, 6.45) is 4.58. The Balaban J connectivity index is 2.65. The van der Waals surface area contributed by atoms with E-state index in [4.69, 9.17) is 4.74 Å². The molecule has 112 valence electrons. The van der Waals surface area contributed by atoms with E-state index in [-0.39, 0.29) is 11.9 Å². The van der Waals surface area contributed by atoms with Gasteiger partial charge < -0.3 is 15.4 Å². The second-order valence-corrected chi connectivity index (χ2v) is 4.77. The van der Waals surface area contributed by atoms with E-state index in [2.05, 4.69) is 29.5 Å². The number of nitrogens with zero attached hydrogens (tertiary/aromatic N) is 1. The molecule has 0 aromatic carbocycles. The number of carbonyl (C=O) groups excluding carboxylic acids is 1. The number of amides is 1. The van der Waals surface area contributed by atoms with Crippen LogP contribution in [0, 0.1) is 0 Å². The number of carbonyl (C=O) groups is 1. The first kappa shape index (κ1) is 16.4. The fourth-order valence-corrected chi connectivity index (χ4v) is 1.94. The first-order chi connectivity index (χ1) is 9.71. The van der Waals surface area contributed by atoms with Crippen LogP contribution < -0.4 is 10.6 Å². The highest BCUT2D eigenvalue weighted by Gasteiger charge is 2.14. The molecule has 0 bridgehead atoms. The maximum Gasteiger partial charge on any atom is 0.270 e. The molecule has 0 aliphatic carbocycles. The number of nitrogens with one attached hydrogen (secondary N) is 2. The molecule has 1 aromatic rings. The van der Waals surface area contributed by atoms with E-state index in [9.17, 15) is 4.79 Å². The second-order valence-electron chi connectivity index (χ2n) is 4.77. The van der Waals surface area contributed by atoms with Crippen LogP contribution in [0.3, 0.4) is 0 Å². The molecule has 2 N–H and O–H groups in total. The summed E-state index contributed by atoms with van der Waals surface area (Å²) in [7, 11) is 1.64. The zero-order chi connectivity index (χ0) is 14.8. The van der Waals surface area contributed by atoms with E-state index in [1.54, 1.807) is 19.4 Å². The van der Waals surface area contributed by atoms with E-state index in [0.717, 1.165) is 31.5 Å². The lowest BCUT2D eigenvalue weighted by atomic mass is 10.1. The van der Waals surface area contributed by atoms with Gasteiger partial charge in [-0.3, -0.25) is 9.78 Å². The van der Waals surface area contributed by atoms with Crippen molar-refractivity contribution in [3.05, 3.63) is 24.0 Å². The molecule has 0 radical (unpaired) electrons. The topological polar surface area (TPSA) is 63.2 Å². The summed E-state index contributed by atoms with van der Waals surface area (Å²) in [6.45, 7) is 5.59. The monoisotopic (exact) mass is 279 g/mol. The summed E-state index contributed by atoms with van der Waals surface area (Å²) in [6, 6.07) is 3.68. The van der Waals surface area contributed by atoms with Crippen molar-refractivity contribution in [3.8, 4) is 0 Å². The first-order valence-corrected chi connectivity index (χ1v) is 7.21. The molecule has 0 saturated heterocycles. The molecule has 0 spiro atoms. The molecule has 1 heterocycles. The number of ether oxygens (including phenoxy) is 1. The van der Waals surface area contributed by atoms with Crippen molar-refractivity contribution in [2.24, 2.45) is 0 Å². The Hall–Kier alpha value is -1.62. The van der Waals surface area contributed by atoms with Crippen molar-refractivity contribution in [3.63, 3.8) is 0 Å². The van der Waals surface area contributed by atoms with Crippen LogP contribution in [0.1, 0.15) is 43.6 Å². The average Bonchev–Trinajstić information content (AvgIpc) is 2.46. The lowest BCUT2D eigenvalue weighted by Gasteiger charge is -2.17. The second kappa shape index (κ2) is 9.31. The van der Waals surface area contributed by atoms with Crippen LogP contribution in [0.5, 0.6) is 0 Å². The van der Waals surface area contributed by atoms with E-state index in [0.29, 0.717) is 12.3 Å². The highest BCUT2D eigenvalue weighted by atomic mass is 16.5. The predicted molar refractivity (Wildman–Crippen MR) is 81.1 cm³/mol. The average molecular weight is 279 g/mol. The lowest BCUT2D eigenvalue weighted by Crippen LogP contribution is -2.38. The smallest absolute Gasteiger partial charge is 0.270 e. The highest BCUT2D eigenvalue weighted by Crippen LogP contribution is 2.08. The zero-order valence-electron chi connectivity index (χ0n) is 12.6. The number of hydrogen-bond acceptors (Lipinski definition) is 4. The summed E-state index contributed by atoms with van der Waals surface area (Å²) in [5.41, 5.74) is 1.36. The van der Waals surface area contributed by atoms with Gasteiger partial charge in [0, 0.05) is 25.5 Å². The molecule has 1 rings (SSSR count). The van der Waals surface area contributed by atoms with Crippen molar-refractivity contribution in [2.45, 2.75) is 39.2 Å². The van der Waals surface area contributed by atoms with Gasteiger partial charge in [-0.15, -0.1) is 0 Å². The van der Waals surface area contributed by atoms with Gasteiger partial charge in [0.25, 0.3) is 5.91 Å². The van der Waals surface area contributed by atoms with E-state index < -0.39 is 0 Å². The quantitative estimate of drug-likeness (QED) is 0.729. The summed E-state index contributed by atoms with van der Waals surface area (Å²) < 4.78 is 5.12. The maximum atomic E-state index is 12.2. The predicted octanol–water partition coefficient (Wildman–Crippen LogP) is 2.45. The third-order valence-corrected chi connectivity index (χ3v) is 2.91. The van der Waals surface area contributed by atoms with Gasteiger partial charge in [-0.1, -0.05) is 20.3 Å². The van der Waals surface area contributed by atoms with Gasteiger partial charge in [0.2, 0.25) is 0 Å². The molecule has 1 atom stereocenters. The third kappa shape index (κ3) is 5.57. The van der Waals surface area contributed by atoms with Crippen LogP contribution in [-0.4, -0.2) is 37.2 Å². The van der Waals surface area contributed by atoms with Gasteiger partial charge in [-0.2, -0.15) is 0 Å². The summed E-state index contributed by atoms with van der Waals surface area (Å²) in [5, 5.41) is 6.21. The molecular weight excluding hydrogens is 254 g/mol. The highest BCUT2D eigenvalue weighted by molar-refractivity contribution is 5.93. The first-order valence-electron chi connectivity index (χ1n) is 7.21. The molecule has 0 saturated carbocycles. The van der Waals surface area contributed by atoms with Gasteiger partial charge in [0.1, 0.15) is 5.69 Å². The number of rotatable bonds is 9. The molecular formula is C15H25N3O2. The number of anilines is 1. The summed E-state index contributed by atoms with van der Waals surface area (Å²) in [4.78, 5) is 16.3. The van der Waals surface area contributed by atoms with Gasteiger partial charge >= 0.3 is 0 Å². The normalized spacial score (nSPS) is 11.9. The van der Waals surface area contributed by atoms with Gasteiger partial charge in [0.15, 0.2) is 0 Å². The minimum atomic E-state index is -0.152. The minimum absolute atomic E-state index is 0.0338. The number of aromatic nitrogens is 1. The Morgan fingerprint density at radius 3 is 2.85 bits per heavy atom. The molecule has 5 heteroatoms. The minimum Gasteiger partial charge on any atom is -0.385 e. The maximum absolute atomic E-state index is 12.2. The Labute approximate surface area is 121 Å². The van der Waals surface area contributed by atoms with Crippen LogP contribution >= 0.6 is 0 Å². The van der Waals surface area contributed by atoms with Crippen molar-refractivity contribution >= 4 is 11.6 Å². The lowest BCUT2D eigenvalue weighted by molar-refractivity contribution is 0.0886. The number of hydrogen-bond donors (Lipinski definition) is 2. The van der Waals surface area contributed by atoms with Crippen molar-refractivity contribution in [2.75, 3.05) is 25.6 Å². The Morgan fingerprint density at radius 2 is 2.20 bits per heavy atom. The Bertz CT molecular complexity index is 404. The van der Waals surface area contributed by atoms with Crippen LogP contribution in [0.2, 0.25) is 0 Å². The van der Waals surface area contributed by atoms with Crippen LogP contribution in [-0.2, 0) is 4.74 Å². The van der Waals surface area contributed by atoms with Crippen LogP contribution in [0.15, 0.2) is 18.3 Å². The van der Waals surface area contributed by atoms with E-state index in [1.807, 2.05) is 6.07 Å². The van der Waals surface area contributed by atoms with E-state index in [1.165, 1.54) is 0 Å². The van der Waals surface area contributed by atoms with Crippen molar-refractivity contribution < 1.29 is 9.53 Å². The van der Waals surface area contributed by atoms with Crippen LogP contribution in [0.25, 0.3) is 0 Å². The van der Waals surface area contributed by atoms with Gasteiger partial charge in [0.05, 0.1) is 12.6 Å². The molecule has 1 unspecified atom stereocenters. The molecule has 0 fully saturated rings. The van der Waals surface area contributed by atoms with Gasteiger partial charge in [-0.25, -0.2) is 0 Å². The molecule has 20 heavy (non-hydrogen) atoms. The summed E-state index contributed by atoms with van der Waals surface area (Å²) in [5.74, 6) is -0.152. The Morgan fingerprint density at radius 1 is 1.40 bits per heavy atom. The largest absolute Gasteiger partial charge is 0.385 e. The number of pyridine rings is 1.